The second-order valence-corrected chi connectivity index (χ2v) is 42.0. The Balaban J connectivity index is 0.000000177. The van der Waals surface area contributed by atoms with Gasteiger partial charge in [0.1, 0.15) is 42.3 Å². The lowest BCUT2D eigenvalue weighted by molar-refractivity contribution is -0.141. The molecule has 0 bridgehead atoms. The number of anilines is 5. The highest BCUT2D eigenvalue weighted by molar-refractivity contribution is 9.11. The van der Waals surface area contributed by atoms with Gasteiger partial charge in [-0.2, -0.15) is 38.7 Å². The number of rotatable bonds is 23. The Bertz CT molecular complexity index is 7690. The standard InChI is InChI=1S/C22H20BrClF3N5O2.C20H18Br2ClN5O2.C19H16Br2ClN5O2.C19H17BrClN5O2.C18H14Br2ClN5O2/c1-11-8-12(23)9-13(19(33)30-21(2,3)4)17(11)29-20(34)15-10-16(22(25,26)27)31-32(15)18-14(24)6-5-7-28-18;1-10(2)25-19(29)13-8-12(21)7-11(3)17(13)26-20(30)15-9-16(22)27-28(15)18-14(23)5-4-6-24-18;1-3-23-18(28)12-8-11(20)7-10(2)16(12)25-19(29)14-9-15(21)26-27(14)17-13(22)5-4-6-24-17;1-3-22-18(27)13-10-12(20)9-11(2)16(13)25-19(28)15-6-8-24-26(15)17-14(21)5-4-7-23-17;1-9-6-10(19)7-11(17(27)22-2)15(9)24-18(28)13-8-14(20)25-26(13)16-12(21)4-3-5-23-16/h5-10H,1-4H3,(H,29,34)(H,30,33);4-10H,1-3H3,(H,25,29)(H,26,30);4-9H,3H2,1-2H3,(H,23,28)(H,25,29);4-10H,3H2,1-2H3,(H,22,27)(H,25,28);3-8H,1-2H3,(H,22,27)(H,24,28). The summed E-state index contributed by atoms with van der Waals surface area (Å²) in [7, 11) is 1.53. The maximum Gasteiger partial charge on any atom is 0.435 e. The van der Waals surface area contributed by atoms with Crippen LogP contribution in [0.1, 0.15) is 186 Å². The summed E-state index contributed by atoms with van der Waals surface area (Å²) < 4.78 is 51.2. The van der Waals surface area contributed by atoms with Crippen molar-refractivity contribution in [2.75, 3.05) is 46.7 Å². The van der Waals surface area contributed by atoms with Crippen LogP contribution in [-0.4, -0.2) is 165 Å². The monoisotopic (exact) mass is 2630 g/mol. The first kappa shape index (κ1) is 117. The second-order valence-electron chi connectivity index (χ2n) is 32.9. The molecule has 0 radical (unpaired) electrons. The number of aromatic nitrogens is 15. The zero-order chi connectivity index (χ0) is 109. The molecular formula is C98H85Br8Cl5F3N25O10. The summed E-state index contributed by atoms with van der Waals surface area (Å²) >= 11 is 57.7. The third-order valence-electron chi connectivity index (χ3n) is 20.3. The Morgan fingerprint density at radius 2 is 0.597 bits per heavy atom. The molecule has 0 atom stereocenters. The van der Waals surface area contributed by atoms with Gasteiger partial charge in [0.15, 0.2) is 34.8 Å². The van der Waals surface area contributed by atoms with Crippen LogP contribution in [-0.2, 0) is 6.18 Å². The van der Waals surface area contributed by atoms with Gasteiger partial charge in [0, 0.05) is 109 Å². The predicted molar refractivity (Wildman–Crippen MR) is 593 cm³/mol. The van der Waals surface area contributed by atoms with Gasteiger partial charge in [0.25, 0.3) is 59.1 Å². The molecular weight excluding hydrogens is 2560 g/mol. The van der Waals surface area contributed by atoms with E-state index in [-0.39, 0.29) is 74.5 Å². The number of nitrogens with one attached hydrogen (secondary N) is 10. The number of amides is 10. The van der Waals surface area contributed by atoms with Crippen molar-refractivity contribution in [3.05, 3.63) is 340 Å². The molecule has 0 fully saturated rings. The van der Waals surface area contributed by atoms with Crippen LogP contribution in [0.15, 0.2) is 225 Å². The lowest BCUT2D eigenvalue weighted by Crippen LogP contribution is -2.41. The number of benzene rings is 5. The van der Waals surface area contributed by atoms with Crippen LogP contribution in [0.25, 0.3) is 29.1 Å². The van der Waals surface area contributed by atoms with E-state index in [1.54, 1.807) is 163 Å². The third kappa shape index (κ3) is 30.1. The fraction of sp³-hybridized carbons (Fsp3) is 0.184. The lowest BCUT2D eigenvalue weighted by atomic mass is 10.0. The highest BCUT2D eigenvalue weighted by Crippen LogP contribution is 2.38. The molecule has 10 aromatic heterocycles. The van der Waals surface area contributed by atoms with Crippen molar-refractivity contribution >= 4 is 273 Å². The summed E-state index contributed by atoms with van der Waals surface area (Å²) in [6.07, 6.45) is 4.23. The molecule has 15 rings (SSSR count). The number of halogens is 16. The second kappa shape index (κ2) is 51.9. The van der Waals surface area contributed by atoms with Crippen LogP contribution in [0.5, 0.6) is 0 Å². The number of hydrogen-bond donors (Lipinski definition) is 10. The van der Waals surface area contributed by atoms with Crippen LogP contribution >= 0.6 is 185 Å². The molecule has 0 aliphatic carbocycles. The molecule has 0 unspecified atom stereocenters. The van der Waals surface area contributed by atoms with E-state index in [2.05, 4.69) is 231 Å². The normalized spacial score (nSPS) is 11.0. The number of nitrogens with zero attached hydrogens (tertiary/aromatic N) is 15. The number of hydrogen-bond acceptors (Lipinski definition) is 20. The quantitative estimate of drug-likeness (QED) is 0.0284. The largest absolute Gasteiger partial charge is 0.435 e. The molecule has 35 nitrogen and oxygen atoms in total. The van der Waals surface area contributed by atoms with Gasteiger partial charge >= 0.3 is 6.18 Å². The van der Waals surface area contributed by atoms with Crippen LogP contribution in [0.4, 0.5) is 41.6 Å². The number of pyridine rings is 5. The summed E-state index contributed by atoms with van der Waals surface area (Å²) in [4.78, 5) is 149. The molecule has 0 aliphatic rings. The first-order valence-corrected chi connectivity index (χ1v) is 52.1. The molecule has 0 aliphatic heterocycles. The molecule has 0 saturated carbocycles. The van der Waals surface area contributed by atoms with Crippen molar-refractivity contribution in [1.82, 2.24) is 100 Å². The van der Waals surface area contributed by atoms with Gasteiger partial charge in [-0.05, 0) is 286 Å². The summed E-state index contributed by atoms with van der Waals surface area (Å²) in [6.45, 7) is 22.6. The maximum atomic E-state index is 13.4. The van der Waals surface area contributed by atoms with Crippen molar-refractivity contribution in [2.24, 2.45) is 0 Å². The van der Waals surface area contributed by atoms with Crippen molar-refractivity contribution in [3.63, 3.8) is 0 Å². The number of carbonyl (C=O) groups excluding carboxylic acids is 10. The SMILES string of the molecule is CCNC(=O)c1cc(Br)cc(C)c1NC(=O)c1cc(Br)nn1-c1ncccc1Cl.CCNC(=O)c1cc(Br)cc(C)c1NC(=O)c1ccnn1-c1ncccc1Cl.CNC(=O)c1cc(Br)cc(C)c1NC(=O)c1cc(Br)nn1-c1ncccc1Cl.Cc1cc(Br)cc(C(=O)NC(C)(C)C)c1NC(=O)c1cc(C(F)(F)F)nn1-c1ncccc1Cl.Cc1cc(Br)cc(C(=O)NC(C)C)c1NC(=O)c1cc(Br)nn1-c1ncccc1Cl. The predicted octanol–water partition coefficient (Wildman–Crippen LogP) is 24.1. The van der Waals surface area contributed by atoms with Gasteiger partial charge in [-0.15, -0.1) is 0 Å². The first-order chi connectivity index (χ1) is 70.4. The smallest absolute Gasteiger partial charge is 0.355 e. The van der Waals surface area contributed by atoms with Crippen molar-refractivity contribution < 1.29 is 61.1 Å². The Morgan fingerprint density at radius 1 is 0.336 bits per heavy atom. The summed E-state index contributed by atoms with van der Waals surface area (Å²) in [5, 5.41) is 49.5. The Kier molecular flexibility index (Phi) is 40.8. The molecule has 15 aromatic rings. The van der Waals surface area contributed by atoms with Crippen LogP contribution < -0.4 is 53.2 Å². The summed E-state index contributed by atoms with van der Waals surface area (Å²) in [5.41, 5.74) is 5.34. The highest BCUT2D eigenvalue weighted by Gasteiger charge is 2.38. The van der Waals surface area contributed by atoms with Crippen molar-refractivity contribution in [3.8, 4) is 29.1 Å². The molecule has 774 valence electrons. The van der Waals surface area contributed by atoms with E-state index < -0.39 is 58.5 Å². The van der Waals surface area contributed by atoms with Crippen LogP contribution in [0.3, 0.4) is 0 Å². The number of carbonyl (C=O) groups is 10. The van der Waals surface area contributed by atoms with Gasteiger partial charge in [-0.25, -0.2) is 48.3 Å². The van der Waals surface area contributed by atoms with E-state index in [4.69, 9.17) is 58.0 Å². The third-order valence-corrected chi connectivity index (χ3v) is 25.2. The van der Waals surface area contributed by atoms with E-state index in [0.29, 0.717) is 131 Å². The molecule has 5 aromatic carbocycles. The van der Waals surface area contributed by atoms with Gasteiger partial charge in [-0.3, -0.25) is 47.9 Å². The van der Waals surface area contributed by atoms with Gasteiger partial charge < -0.3 is 53.2 Å². The number of aryl methyl sites for hydroxylation is 5. The minimum atomic E-state index is -4.81. The lowest BCUT2D eigenvalue weighted by Gasteiger charge is -2.22. The van der Waals surface area contributed by atoms with Gasteiger partial charge in [-0.1, -0.05) is 138 Å². The maximum absolute atomic E-state index is 13.4. The summed E-state index contributed by atoms with van der Waals surface area (Å²) in [5.74, 6) is -3.22. The fourth-order valence-electron chi connectivity index (χ4n) is 13.9. The molecule has 51 heteroatoms. The van der Waals surface area contributed by atoms with Gasteiger partial charge in [0.05, 0.1) is 87.6 Å². The molecule has 10 amide bonds. The Hall–Kier alpha value is -12.3. The topological polar surface area (TPSA) is 445 Å². The van der Waals surface area contributed by atoms with Crippen molar-refractivity contribution in [1.29, 1.82) is 0 Å². The minimum Gasteiger partial charge on any atom is -0.355 e. The van der Waals surface area contributed by atoms with Crippen LogP contribution in [0, 0.1) is 34.6 Å². The molecule has 10 N–H and O–H groups in total. The molecule has 0 spiro atoms. The highest BCUT2D eigenvalue weighted by atomic mass is 79.9. The zero-order valence-corrected chi connectivity index (χ0v) is 96.7. The Labute approximate surface area is 942 Å². The van der Waals surface area contributed by atoms with E-state index >= 15 is 0 Å². The average molecular weight is 2650 g/mol. The first-order valence-electron chi connectivity index (χ1n) is 43.9. The fourth-order valence-corrected chi connectivity index (χ4v) is 18.9. The zero-order valence-electron chi connectivity index (χ0n) is 80.2. The average Bonchev–Trinajstić information content (AvgIpc) is 1.67. The molecule has 149 heavy (non-hydrogen) atoms. The minimum absolute atomic E-state index is 0.00144. The summed E-state index contributed by atoms with van der Waals surface area (Å²) in [6, 6.07) is 40.2. The van der Waals surface area contributed by atoms with E-state index in [1.165, 1.54) is 56.4 Å². The molecule has 0 saturated heterocycles. The Morgan fingerprint density at radius 3 is 0.866 bits per heavy atom. The van der Waals surface area contributed by atoms with Crippen molar-refractivity contribution in [2.45, 2.75) is 101 Å². The van der Waals surface area contributed by atoms with Crippen LogP contribution in [0.2, 0.25) is 25.1 Å². The van der Waals surface area contributed by atoms with Gasteiger partial charge in [0.2, 0.25) is 0 Å². The van der Waals surface area contributed by atoms with E-state index in [9.17, 15) is 61.1 Å². The molecule has 10 heterocycles. The van der Waals surface area contributed by atoms with E-state index in [1.807, 2.05) is 72.7 Å². The van der Waals surface area contributed by atoms with E-state index in [0.717, 1.165) is 44.8 Å². The number of alkyl halides is 3.